The van der Waals surface area contributed by atoms with Gasteiger partial charge < -0.3 is 5.32 Å². The van der Waals surface area contributed by atoms with Crippen molar-refractivity contribution in [3.8, 4) is 0 Å². The average molecular weight is 347 g/mol. The third kappa shape index (κ3) is 3.46. The number of carbonyl (C=O) groups is 2. The molecule has 118 valence electrons. The van der Waals surface area contributed by atoms with Gasteiger partial charge in [0.2, 0.25) is 0 Å². The minimum Gasteiger partial charge on any atom is -0.306 e. The topological polar surface area (TPSA) is 88.9 Å². The van der Waals surface area contributed by atoms with Gasteiger partial charge in [0.1, 0.15) is 5.82 Å². The molecule has 0 bridgehead atoms. The Morgan fingerprint density at radius 2 is 2.04 bits per heavy atom. The molecule has 0 saturated heterocycles. The van der Waals surface area contributed by atoms with E-state index in [1.807, 2.05) is 17.7 Å². The van der Waals surface area contributed by atoms with Gasteiger partial charge in [0.05, 0.1) is 10.6 Å². The van der Waals surface area contributed by atoms with E-state index < -0.39 is 0 Å². The number of thiophene rings is 1. The largest absolute Gasteiger partial charge is 0.306 e. The van der Waals surface area contributed by atoms with Crippen molar-refractivity contribution in [2.24, 2.45) is 7.05 Å². The van der Waals surface area contributed by atoms with E-state index in [9.17, 15) is 9.59 Å². The molecule has 3 heterocycles. The molecule has 3 aromatic rings. The van der Waals surface area contributed by atoms with Crippen LogP contribution in [0.4, 0.5) is 10.9 Å². The maximum Gasteiger partial charge on any atom is 0.278 e. The van der Waals surface area contributed by atoms with E-state index in [1.54, 1.807) is 19.2 Å². The van der Waals surface area contributed by atoms with Gasteiger partial charge in [-0.15, -0.1) is 22.7 Å². The first kappa shape index (κ1) is 15.4. The number of amides is 2. The molecule has 3 rings (SSSR count). The zero-order valence-corrected chi connectivity index (χ0v) is 14.0. The predicted molar refractivity (Wildman–Crippen MR) is 90.3 cm³/mol. The molecular formula is C14H13N5O2S2. The minimum absolute atomic E-state index is 0.210. The van der Waals surface area contributed by atoms with Crippen LogP contribution in [0.15, 0.2) is 29.0 Å². The van der Waals surface area contributed by atoms with Gasteiger partial charge in [-0.25, -0.2) is 4.98 Å². The highest BCUT2D eigenvalue weighted by Gasteiger charge is 2.16. The number of nitrogens with zero attached hydrogens (tertiary/aromatic N) is 3. The van der Waals surface area contributed by atoms with Gasteiger partial charge in [0.25, 0.3) is 11.8 Å². The maximum absolute atomic E-state index is 12.2. The van der Waals surface area contributed by atoms with Gasteiger partial charge in [-0.05, 0) is 18.4 Å². The first-order chi connectivity index (χ1) is 11.0. The number of nitrogens with one attached hydrogen (secondary N) is 2. The first-order valence-electron chi connectivity index (χ1n) is 6.65. The molecule has 0 saturated carbocycles. The summed E-state index contributed by atoms with van der Waals surface area (Å²) in [6.45, 7) is 1.85. The fourth-order valence-electron chi connectivity index (χ4n) is 1.85. The smallest absolute Gasteiger partial charge is 0.278 e. The summed E-state index contributed by atoms with van der Waals surface area (Å²) in [5, 5.41) is 13.7. The lowest BCUT2D eigenvalue weighted by Crippen LogP contribution is -2.13. The van der Waals surface area contributed by atoms with Crippen LogP contribution in [-0.2, 0) is 7.05 Å². The average Bonchev–Trinajstić information content (AvgIpc) is 3.22. The van der Waals surface area contributed by atoms with Gasteiger partial charge in [0.15, 0.2) is 10.8 Å². The molecule has 2 N–H and O–H groups in total. The number of rotatable bonds is 4. The summed E-state index contributed by atoms with van der Waals surface area (Å²) in [6, 6.07) is 5.06. The lowest BCUT2D eigenvalue weighted by Gasteiger charge is -2.02. The van der Waals surface area contributed by atoms with Gasteiger partial charge in [-0.3, -0.25) is 19.6 Å². The van der Waals surface area contributed by atoms with Crippen LogP contribution in [-0.4, -0.2) is 26.6 Å². The number of anilines is 2. The van der Waals surface area contributed by atoms with Crippen molar-refractivity contribution in [1.29, 1.82) is 0 Å². The normalized spacial score (nSPS) is 10.5. The molecule has 0 spiro atoms. The molecule has 0 aliphatic heterocycles. The summed E-state index contributed by atoms with van der Waals surface area (Å²) >= 11 is 2.69. The number of hydrogen-bond donors (Lipinski definition) is 2. The van der Waals surface area contributed by atoms with Crippen LogP contribution in [0.5, 0.6) is 0 Å². The monoisotopic (exact) mass is 347 g/mol. The second-order valence-electron chi connectivity index (χ2n) is 4.72. The van der Waals surface area contributed by atoms with Crippen LogP contribution in [0, 0.1) is 6.92 Å². The number of hydrogen-bond acceptors (Lipinski definition) is 6. The van der Waals surface area contributed by atoms with Crippen LogP contribution < -0.4 is 10.6 Å². The van der Waals surface area contributed by atoms with Crippen molar-refractivity contribution in [2.75, 3.05) is 10.6 Å². The van der Waals surface area contributed by atoms with Crippen LogP contribution in [0.3, 0.4) is 0 Å². The van der Waals surface area contributed by atoms with Crippen molar-refractivity contribution in [3.05, 3.63) is 45.2 Å². The van der Waals surface area contributed by atoms with Crippen molar-refractivity contribution in [1.82, 2.24) is 14.8 Å². The van der Waals surface area contributed by atoms with Gasteiger partial charge >= 0.3 is 0 Å². The number of carbonyl (C=O) groups excluding carboxylic acids is 2. The van der Waals surface area contributed by atoms with E-state index in [4.69, 9.17) is 0 Å². The standard InChI is InChI=1S/C14H13N5O2S2/c1-8-7-23-14(15-8)17-12(20)9-6-11(19(2)18-9)16-13(21)10-4-3-5-22-10/h3-7H,1-2H3,(H,16,21)(H,15,17,20). The van der Waals surface area contributed by atoms with Crippen molar-refractivity contribution in [3.63, 3.8) is 0 Å². The highest BCUT2D eigenvalue weighted by molar-refractivity contribution is 7.14. The molecule has 3 aromatic heterocycles. The molecule has 0 atom stereocenters. The second-order valence-corrected chi connectivity index (χ2v) is 6.52. The van der Waals surface area contributed by atoms with Gasteiger partial charge in [-0.2, -0.15) is 5.10 Å². The Morgan fingerprint density at radius 3 is 2.70 bits per heavy atom. The Kier molecular flexibility index (Phi) is 4.22. The molecule has 9 heteroatoms. The quantitative estimate of drug-likeness (QED) is 0.759. The van der Waals surface area contributed by atoms with Crippen molar-refractivity contribution in [2.45, 2.75) is 6.92 Å². The van der Waals surface area contributed by atoms with Crippen molar-refractivity contribution >= 4 is 45.4 Å². The summed E-state index contributed by atoms with van der Waals surface area (Å²) in [5.74, 6) is -0.152. The maximum atomic E-state index is 12.2. The molecule has 0 fully saturated rings. The predicted octanol–water partition coefficient (Wildman–Crippen LogP) is 2.75. The van der Waals surface area contributed by atoms with E-state index in [-0.39, 0.29) is 17.5 Å². The molecule has 2 amide bonds. The van der Waals surface area contributed by atoms with E-state index >= 15 is 0 Å². The van der Waals surface area contributed by atoms with Crippen LogP contribution in [0.25, 0.3) is 0 Å². The van der Waals surface area contributed by atoms with E-state index in [0.717, 1.165) is 5.69 Å². The lowest BCUT2D eigenvalue weighted by molar-refractivity contribution is 0.101. The molecule has 0 aliphatic rings. The summed E-state index contributed by atoms with van der Waals surface area (Å²) in [7, 11) is 1.66. The SMILES string of the molecule is Cc1csc(NC(=O)c2cc(NC(=O)c3cccs3)n(C)n2)n1. The zero-order valence-electron chi connectivity index (χ0n) is 12.4. The number of thiazole rings is 1. The third-order valence-corrected chi connectivity index (χ3v) is 4.68. The summed E-state index contributed by atoms with van der Waals surface area (Å²) in [6.07, 6.45) is 0. The summed E-state index contributed by atoms with van der Waals surface area (Å²) in [4.78, 5) is 29.0. The second kappa shape index (κ2) is 6.31. The molecule has 0 aromatic carbocycles. The molecule has 7 nitrogen and oxygen atoms in total. The van der Waals surface area contributed by atoms with Crippen LogP contribution >= 0.6 is 22.7 Å². The van der Waals surface area contributed by atoms with Gasteiger partial charge in [-0.1, -0.05) is 6.07 Å². The van der Waals surface area contributed by atoms with Crippen LogP contribution in [0.2, 0.25) is 0 Å². The minimum atomic E-state index is -0.369. The van der Waals surface area contributed by atoms with Crippen LogP contribution in [0.1, 0.15) is 25.9 Å². The Bertz CT molecular complexity index is 851. The number of aryl methyl sites for hydroxylation is 2. The lowest BCUT2D eigenvalue weighted by atomic mass is 10.4. The molecular weight excluding hydrogens is 334 g/mol. The third-order valence-electron chi connectivity index (χ3n) is 2.94. The van der Waals surface area contributed by atoms with Crippen molar-refractivity contribution < 1.29 is 9.59 Å². The molecule has 0 unspecified atom stereocenters. The van der Waals surface area contributed by atoms with E-state index in [1.165, 1.54) is 33.4 Å². The first-order valence-corrected chi connectivity index (χ1v) is 8.41. The van der Waals surface area contributed by atoms with E-state index in [2.05, 4.69) is 20.7 Å². The highest BCUT2D eigenvalue weighted by Crippen LogP contribution is 2.17. The molecule has 0 aliphatic carbocycles. The molecule has 23 heavy (non-hydrogen) atoms. The summed E-state index contributed by atoms with van der Waals surface area (Å²) < 4.78 is 1.45. The Morgan fingerprint density at radius 1 is 1.22 bits per heavy atom. The van der Waals surface area contributed by atoms with E-state index in [0.29, 0.717) is 15.8 Å². The zero-order chi connectivity index (χ0) is 16.4. The Hall–Kier alpha value is -2.52. The Balaban J connectivity index is 1.72. The molecule has 0 radical (unpaired) electrons. The fraction of sp³-hybridized carbons (Fsp3) is 0.143. The number of aromatic nitrogens is 3. The highest BCUT2D eigenvalue weighted by atomic mass is 32.1. The summed E-state index contributed by atoms with van der Waals surface area (Å²) in [5.41, 5.74) is 1.05. The Labute approximate surface area is 140 Å². The fourth-order valence-corrected chi connectivity index (χ4v) is 3.16. The van der Waals surface area contributed by atoms with Gasteiger partial charge in [0, 0.05) is 18.5 Å².